The Labute approximate surface area is 139 Å². The van der Waals surface area contributed by atoms with Crippen LogP contribution in [0.4, 0.5) is 0 Å². The highest BCUT2D eigenvalue weighted by molar-refractivity contribution is 5.35. The molecule has 1 saturated heterocycles. The van der Waals surface area contributed by atoms with Gasteiger partial charge in [-0.3, -0.25) is 0 Å². The smallest absolute Gasteiger partial charge is 0.102 e. The number of fused-ring (bicyclic) bond motifs is 2. The highest BCUT2D eigenvalue weighted by atomic mass is 16.5. The molecule has 3 heteroatoms. The number of rotatable bonds is 3. The SMILES string of the molecule is CC1(C)C(NCC2(O)CCCc3ccccc32)C2CCCOC21. The molecular weight excluding hydrogens is 286 g/mol. The van der Waals surface area contributed by atoms with Gasteiger partial charge in [0.05, 0.1) is 6.10 Å². The van der Waals surface area contributed by atoms with E-state index in [1.807, 2.05) is 6.07 Å². The van der Waals surface area contributed by atoms with Crippen molar-refractivity contribution in [1.29, 1.82) is 0 Å². The van der Waals surface area contributed by atoms with Crippen molar-refractivity contribution < 1.29 is 9.84 Å². The van der Waals surface area contributed by atoms with E-state index in [1.54, 1.807) is 0 Å². The molecule has 0 aromatic heterocycles. The molecule has 1 saturated carbocycles. The predicted octanol–water partition coefficient (Wildman–Crippen LogP) is 3.00. The first-order valence-electron chi connectivity index (χ1n) is 9.18. The lowest BCUT2D eigenvalue weighted by Crippen LogP contribution is -2.70. The first-order valence-corrected chi connectivity index (χ1v) is 9.18. The highest BCUT2D eigenvalue weighted by Crippen LogP contribution is 2.51. The molecule has 0 amide bonds. The van der Waals surface area contributed by atoms with E-state index in [0.717, 1.165) is 31.4 Å². The van der Waals surface area contributed by atoms with E-state index in [2.05, 4.69) is 37.4 Å². The predicted molar refractivity (Wildman–Crippen MR) is 91.3 cm³/mol. The van der Waals surface area contributed by atoms with Crippen LogP contribution in [0.15, 0.2) is 24.3 Å². The van der Waals surface area contributed by atoms with Crippen molar-refractivity contribution >= 4 is 0 Å². The normalized spacial score (nSPS) is 38.3. The maximum Gasteiger partial charge on any atom is 0.102 e. The number of aryl methyl sites for hydroxylation is 1. The van der Waals surface area contributed by atoms with Gasteiger partial charge in [-0.1, -0.05) is 38.1 Å². The highest BCUT2D eigenvalue weighted by Gasteiger charge is 2.58. The van der Waals surface area contributed by atoms with Gasteiger partial charge in [-0.15, -0.1) is 0 Å². The summed E-state index contributed by atoms with van der Waals surface area (Å²) in [4.78, 5) is 0. The van der Waals surface area contributed by atoms with Gasteiger partial charge in [0.15, 0.2) is 0 Å². The summed E-state index contributed by atoms with van der Waals surface area (Å²) < 4.78 is 5.99. The van der Waals surface area contributed by atoms with Crippen LogP contribution in [0.3, 0.4) is 0 Å². The Balaban J connectivity index is 1.49. The van der Waals surface area contributed by atoms with Crippen LogP contribution in [0, 0.1) is 11.3 Å². The second-order valence-corrected chi connectivity index (χ2v) is 8.32. The number of benzene rings is 1. The Morgan fingerprint density at radius 2 is 2.09 bits per heavy atom. The van der Waals surface area contributed by atoms with Gasteiger partial charge in [-0.25, -0.2) is 0 Å². The van der Waals surface area contributed by atoms with Gasteiger partial charge < -0.3 is 15.2 Å². The van der Waals surface area contributed by atoms with Crippen LogP contribution in [0.1, 0.15) is 50.7 Å². The van der Waals surface area contributed by atoms with E-state index >= 15 is 0 Å². The second-order valence-electron chi connectivity index (χ2n) is 8.32. The number of hydrogen-bond donors (Lipinski definition) is 2. The van der Waals surface area contributed by atoms with E-state index in [-0.39, 0.29) is 5.41 Å². The average Bonchev–Trinajstić information content (AvgIpc) is 2.55. The first kappa shape index (κ1) is 15.6. The molecule has 4 rings (SSSR count). The summed E-state index contributed by atoms with van der Waals surface area (Å²) in [6.45, 7) is 6.17. The van der Waals surface area contributed by atoms with Crippen LogP contribution in [0.25, 0.3) is 0 Å². The number of hydrogen-bond acceptors (Lipinski definition) is 3. The summed E-state index contributed by atoms with van der Waals surface area (Å²) in [6, 6.07) is 8.85. The molecule has 23 heavy (non-hydrogen) atoms. The van der Waals surface area contributed by atoms with Crippen molar-refractivity contribution in [3.63, 3.8) is 0 Å². The van der Waals surface area contributed by atoms with E-state index in [1.165, 1.54) is 18.4 Å². The minimum Gasteiger partial charge on any atom is -0.384 e. The van der Waals surface area contributed by atoms with Gasteiger partial charge in [0, 0.05) is 30.5 Å². The molecule has 0 spiro atoms. The Morgan fingerprint density at radius 3 is 2.96 bits per heavy atom. The van der Waals surface area contributed by atoms with Crippen LogP contribution in [0.5, 0.6) is 0 Å². The van der Waals surface area contributed by atoms with Crippen molar-refractivity contribution in [2.75, 3.05) is 13.2 Å². The van der Waals surface area contributed by atoms with E-state index in [9.17, 15) is 5.11 Å². The number of aliphatic hydroxyl groups is 1. The van der Waals surface area contributed by atoms with Crippen molar-refractivity contribution in [3.05, 3.63) is 35.4 Å². The molecule has 3 nitrogen and oxygen atoms in total. The van der Waals surface area contributed by atoms with Gasteiger partial charge in [0.2, 0.25) is 0 Å². The maximum absolute atomic E-state index is 11.3. The second kappa shape index (κ2) is 5.58. The van der Waals surface area contributed by atoms with Crippen LogP contribution in [0.2, 0.25) is 0 Å². The van der Waals surface area contributed by atoms with Crippen LogP contribution in [-0.4, -0.2) is 30.4 Å². The lowest BCUT2D eigenvalue weighted by atomic mass is 9.55. The number of ether oxygens (including phenoxy) is 1. The van der Waals surface area contributed by atoms with Gasteiger partial charge in [0.1, 0.15) is 5.60 Å². The molecule has 4 atom stereocenters. The molecule has 2 aliphatic carbocycles. The van der Waals surface area contributed by atoms with Gasteiger partial charge in [-0.2, -0.15) is 0 Å². The monoisotopic (exact) mass is 315 g/mol. The summed E-state index contributed by atoms with van der Waals surface area (Å²) in [5.74, 6) is 0.612. The van der Waals surface area contributed by atoms with Gasteiger partial charge in [0.25, 0.3) is 0 Å². The molecule has 4 unspecified atom stereocenters. The van der Waals surface area contributed by atoms with E-state index in [4.69, 9.17) is 4.74 Å². The molecule has 1 aromatic carbocycles. The molecular formula is C20H29NO2. The van der Waals surface area contributed by atoms with Crippen molar-refractivity contribution in [1.82, 2.24) is 5.32 Å². The third-order valence-corrected chi connectivity index (χ3v) is 6.50. The van der Waals surface area contributed by atoms with Crippen molar-refractivity contribution in [3.8, 4) is 0 Å². The summed E-state index contributed by atoms with van der Waals surface area (Å²) in [6.07, 6.45) is 5.82. The van der Waals surface area contributed by atoms with Crippen molar-refractivity contribution in [2.45, 2.75) is 63.7 Å². The average molecular weight is 315 g/mol. The molecule has 126 valence electrons. The number of nitrogens with one attached hydrogen (secondary N) is 1. The Hall–Kier alpha value is -0.900. The lowest BCUT2D eigenvalue weighted by Gasteiger charge is -2.60. The van der Waals surface area contributed by atoms with Crippen LogP contribution in [-0.2, 0) is 16.8 Å². The fraction of sp³-hybridized carbons (Fsp3) is 0.700. The summed E-state index contributed by atoms with van der Waals surface area (Å²) in [7, 11) is 0. The van der Waals surface area contributed by atoms with Gasteiger partial charge >= 0.3 is 0 Å². The lowest BCUT2D eigenvalue weighted by molar-refractivity contribution is -0.195. The summed E-state index contributed by atoms with van der Waals surface area (Å²) >= 11 is 0. The molecule has 2 fully saturated rings. The third-order valence-electron chi connectivity index (χ3n) is 6.50. The molecule has 1 aliphatic heterocycles. The van der Waals surface area contributed by atoms with Crippen LogP contribution >= 0.6 is 0 Å². The molecule has 3 aliphatic rings. The zero-order valence-electron chi connectivity index (χ0n) is 14.3. The largest absolute Gasteiger partial charge is 0.384 e. The Morgan fingerprint density at radius 1 is 1.26 bits per heavy atom. The quantitative estimate of drug-likeness (QED) is 0.901. The third kappa shape index (κ3) is 2.45. The van der Waals surface area contributed by atoms with Crippen LogP contribution < -0.4 is 5.32 Å². The van der Waals surface area contributed by atoms with E-state index < -0.39 is 5.60 Å². The minimum atomic E-state index is -0.717. The zero-order valence-corrected chi connectivity index (χ0v) is 14.3. The molecule has 2 N–H and O–H groups in total. The summed E-state index contributed by atoms with van der Waals surface area (Å²) in [5.41, 5.74) is 1.89. The minimum absolute atomic E-state index is 0.162. The Bertz CT molecular complexity index is 585. The molecule has 0 radical (unpaired) electrons. The summed E-state index contributed by atoms with van der Waals surface area (Å²) in [5, 5.41) is 15.0. The fourth-order valence-electron chi connectivity index (χ4n) is 5.30. The van der Waals surface area contributed by atoms with Crippen molar-refractivity contribution in [2.24, 2.45) is 11.3 Å². The first-order chi connectivity index (χ1) is 11.0. The standard InChI is InChI=1S/C20H29NO2/c1-19(2)17(15-9-6-12-23-18(15)19)21-13-20(22)11-5-8-14-7-3-4-10-16(14)20/h3-4,7,10,15,17-18,21-22H,5-6,8-9,11-13H2,1-2H3. The molecule has 0 bridgehead atoms. The van der Waals surface area contributed by atoms with Gasteiger partial charge in [-0.05, 0) is 43.2 Å². The fourth-order valence-corrected chi connectivity index (χ4v) is 5.30. The molecule has 1 heterocycles. The zero-order chi connectivity index (χ0) is 16.1. The topological polar surface area (TPSA) is 41.5 Å². The Kier molecular flexibility index (Phi) is 3.79. The molecule has 1 aromatic rings. The van der Waals surface area contributed by atoms with E-state index in [0.29, 0.717) is 24.6 Å². The maximum atomic E-state index is 11.3.